The molecule has 1 heterocycles. The Morgan fingerprint density at radius 2 is 2.16 bits per heavy atom. The normalized spacial score (nSPS) is 24.4. The molecule has 1 amide bonds. The van der Waals surface area contributed by atoms with Crippen LogP contribution >= 0.6 is 0 Å². The lowest BCUT2D eigenvalue weighted by Crippen LogP contribution is -2.47. The second kappa shape index (κ2) is 6.04. The average Bonchev–Trinajstić information content (AvgIpc) is 2.82. The zero-order chi connectivity index (χ0) is 13.8. The first kappa shape index (κ1) is 13.8. The zero-order valence-electron chi connectivity index (χ0n) is 11.0. The molecule has 5 heteroatoms. The summed E-state index contributed by atoms with van der Waals surface area (Å²) in [7, 11) is 0. The molecule has 0 radical (unpaired) electrons. The molecule has 1 aliphatic rings. The summed E-state index contributed by atoms with van der Waals surface area (Å²) in [6, 6.07) is 9.78. The molecule has 1 saturated heterocycles. The number of hydrogen-bond donors (Lipinski definition) is 3. The quantitative estimate of drug-likeness (QED) is 0.769. The molecule has 1 aromatic carbocycles. The van der Waals surface area contributed by atoms with Gasteiger partial charge >= 0.3 is 6.09 Å². The molecule has 19 heavy (non-hydrogen) atoms. The van der Waals surface area contributed by atoms with Gasteiger partial charge in [-0.05, 0) is 18.9 Å². The van der Waals surface area contributed by atoms with Crippen LogP contribution in [0, 0.1) is 0 Å². The van der Waals surface area contributed by atoms with E-state index in [1.807, 2.05) is 37.3 Å². The van der Waals surface area contributed by atoms with Crippen LogP contribution in [0.5, 0.6) is 0 Å². The lowest BCUT2D eigenvalue weighted by Gasteiger charge is -2.27. The van der Waals surface area contributed by atoms with Gasteiger partial charge in [0.1, 0.15) is 0 Å². The SMILES string of the molecule is C[C@H](N[C@H]1CCN(C(=O)O)[C@H]1CO)c1ccccc1. The van der Waals surface area contributed by atoms with Crippen LogP contribution in [0.4, 0.5) is 4.79 Å². The van der Waals surface area contributed by atoms with Crippen molar-refractivity contribution in [3.8, 4) is 0 Å². The van der Waals surface area contributed by atoms with Gasteiger partial charge in [-0.1, -0.05) is 30.3 Å². The smallest absolute Gasteiger partial charge is 0.407 e. The van der Waals surface area contributed by atoms with Crippen molar-refractivity contribution >= 4 is 6.09 Å². The number of benzene rings is 1. The Hall–Kier alpha value is -1.59. The molecule has 0 aromatic heterocycles. The van der Waals surface area contributed by atoms with Crippen LogP contribution in [-0.4, -0.2) is 46.4 Å². The van der Waals surface area contributed by atoms with Gasteiger partial charge in [-0.2, -0.15) is 0 Å². The molecule has 104 valence electrons. The Morgan fingerprint density at radius 1 is 1.47 bits per heavy atom. The van der Waals surface area contributed by atoms with Crippen molar-refractivity contribution in [3.05, 3.63) is 35.9 Å². The van der Waals surface area contributed by atoms with Gasteiger partial charge < -0.3 is 20.4 Å². The van der Waals surface area contributed by atoms with Crippen molar-refractivity contribution in [2.75, 3.05) is 13.2 Å². The number of carbonyl (C=O) groups is 1. The van der Waals surface area contributed by atoms with Crippen molar-refractivity contribution in [2.24, 2.45) is 0 Å². The first-order valence-electron chi connectivity index (χ1n) is 6.55. The summed E-state index contributed by atoms with van der Waals surface area (Å²) >= 11 is 0. The van der Waals surface area contributed by atoms with Crippen LogP contribution < -0.4 is 5.32 Å². The number of aliphatic hydroxyl groups excluding tert-OH is 1. The lowest BCUT2D eigenvalue weighted by molar-refractivity contribution is 0.110. The van der Waals surface area contributed by atoms with E-state index in [9.17, 15) is 9.90 Å². The number of amides is 1. The largest absolute Gasteiger partial charge is 0.465 e. The summed E-state index contributed by atoms with van der Waals surface area (Å²) in [5, 5.41) is 21.9. The van der Waals surface area contributed by atoms with Gasteiger partial charge in [0.25, 0.3) is 0 Å². The molecular weight excluding hydrogens is 244 g/mol. The molecule has 0 saturated carbocycles. The minimum absolute atomic E-state index is 0.00342. The van der Waals surface area contributed by atoms with Gasteiger partial charge in [-0.25, -0.2) is 4.79 Å². The van der Waals surface area contributed by atoms with E-state index in [4.69, 9.17) is 5.11 Å². The van der Waals surface area contributed by atoms with Crippen LogP contribution in [-0.2, 0) is 0 Å². The maximum atomic E-state index is 11.1. The summed E-state index contributed by atoms with van der Waals surface area (Å²) in [5.74, 6) is 0. The van der Waals surface area contributed by atoms with Crippen molar-refractivity contribution in [1.82, 2.24) is 10.2 Å². The highest BCUT2D eigenvalue weighted by Gasteiger charge is 2.37. The van der Waals surface area contributed by atoms with Gasteiger partial charge in [0.2, 0.25) is 0 Å². The highest BCUT2D eigenvalue weighted by molar-refractivity contribution is 5.66. The third kappa shape index (κ3) is 3.05. The van der Waals surface area contributed by atoms with E-state index in [0.29, 0.717) is 6.54 Å². The molecule has 1 aromatic rings. The standard InChI is InChI=1S/C14H20N2O3/c1-10(11-5-3-2-4-6-11)15-12-7-8-16(14(18)19)13(12)9-17/h2-6,10,12-13,15,17H,7-9H2,1H3,(H,18,19)/t10-,12-,13-/m0/s1. The number of nitrogens with zero attached hydrogens (tertiary/aromatic N) is 1. The number of carboxylic acid groups (broad SMARTS) is 1. The van der Waals surface area contributed by atoms with Crippen molar-refractivity contribution in [2.45, 2.75) is 31.5 Å². The van der Waals surface area contributed by atoms with E-state index in [1.165, 1.54) is 4.90 Å². The third-order valence-corrected chi connectivity index (χ3v) is 3.74. The minimum atomic E-state index is -0.962. The van der Waals surface area contributed by atoms with E-state index in [2.05, 4.69) is 5.32 Å². The van der Waals surface area contributed by atoms with Gasteiger partial charge in [0, 0.05) is 18.6 Å². The van der Waals surface area contributed by atoms with Gasteiger partial charge in [0.05, 0.1) is 12.6 Å². The molecule has 1 aliphatic heterocycles. The first-order valence-corrected chi connectivity index (χ1v) is 6.55. The Morgan fingerprint density at radius 3 is 2.74 bits per heavy atom. The second-order valence-corrected chi connectivity index (χ2v) is 4.92. The van der Waals surface area contributed by atoms with Crippen LogP contribution in [0.15, 0.2) is 30.3 Å². The van der Waals surface area contributed by atoms with Gasteiger partial charge in [-0.15, -0.1) is 0 Å². The lowest BCUT2D eigenvalue weighted by atomic mass is 10.0. The molecule has 0 unspecified atom stereocenters. The molecule has 0 spiro atoms. The second-order valence-electron chi connectivity index (χ2n) is 4.92. The highest BCUT2D eigenvalue weighted by Crippen LogP contribution is 2.21. The monoisotopic (exact) mass is 264 g/mol. The highest BCUT2D eigenvalue weighted by atomic mass is 16.4. The number of likely N-dealkylation sites (tertiary alicyclic amines) is 1. The summed E-state index contributed by atoms with van der Waals surface area (Å²) in [5.41, 5.74) is 1.16. The van der Waals surface area contributed by atoms with Crippen molar-refractivity contribution in [3.63, 3.8) is 0 Å². The number of nitrogens with one attached hydrogen (secondary N) is 1. The van der Waals surface area contributed by atoms with E-state index in [-0.39, 0.29) is 24.7 Å². The van der Waals surface area contributed by atoms with E-state index in [1.54, 1.807) is 0 Å². The fraction of sp³-hybridized carbons (Fsp3) is 0.500. The molecule has 5 nitrogen and oxygen atoms in total. The maximum absolute atomic E-state index is 11.1. The van der Waals surface area contributed by atoms with E-state index < -0.39 is 6.09 Å². The number of hydrogen-bond acceptors (Lipinski definition) is 3. The Kier molecular flexibility index (Phi) is 4.39. The van der Waals surface area contributed by atoms with Crippen LogP contribution in [0.2, 0.25) is 0 Å². The predicted octanol–water partition coefficient (Wildman–Crippen LogP) is 1.45. The summed E-state index contributed by atoms with van der Waals surface area (Å²) in [6.07, 6.45) is -0.231. The predicted molar refractivity (Wildman–Crippen MR) is 72.0 cm³/mol. The average molecular weight is 264 g/mol. The van der Waals surface area contributed by atoms with E-state index in [0.717, 1.165) is 12.0 Å². The Balaban J connectivity index is 2.01. The number of aliphatic hydroxyl groups is 1. The third-order valence-electron chi connectivity index (χ3n) is 3.74. The fourth-order valence-electron chi connectivity index (χ4n) is 2.67. The zero-order valence-corrected chi connectivity index (χ0v) is 11.0. The molecule has 3 N–H and O–H groups in total. The van der Waals surface area contributed by atoms with Crippen LogP contribution in [0.3, 0.4) is 0 Å². The molecule has 3 atom stereocenters. The summed E-state index contributed by atoms with van der Waals surface area (Å²) in [6.45, 7) is 2.37. The maximum Gasteiger partial charge on any atom is 0.407 e. The number of rotatable bonds is 4. The van der Waals surface area contributed by atoms with Crippen LogP contribution in [0.25, 0.3) is 0 Å². The van der Waals surface area contributed by atoms with Gasteiger partial charge in [-0.3, -0.25) is 0 Å². The van der Waals surface area contributed by atoms with Gasteiger partial charge in [0.15, 0.2) is 0 Å². The fourth-order valence-corrected chi connectivity index (χ4v) is 2.67. The minimum Gasteiger partial charge on any atom is -0.465 e. The van der Waals surface area contributed by atoms with Crippen LogP contribution in [0.1, 0.15) is 24.9 Å². The summed E-state index contributed by atoms with van der Waals surface area (Å²) < 4.78 is 0. The first-order chi connectivity index (χ1) is 9.13. The molecule has 1 fully saturated rings. The topological polar surface area (TPSA) is 72.8 Å². The Bertz CT molecular complexity index is 424. The molecule has 2 rings (SSSR count). The van der Waals surface area contributed by atoms with Crippen molar-refractivity contribution < 1.29 is 15.0 Å². The molecule has 0 aliphatic carbocycles. The molecule has 0 bridgehead atoms. The van der Waals surface area contributed by atoms with E-state index >= 15 is 0 Å². The molecular formula is C14H20N2O3. The van der Waals surface area contributed by atoms with Crippen molar-refractivity contribution in [1.29, 1.82) is 0 Å². The Labute approximate surface area is 112 Å². The summed E-state index contributed by atoms with van der Waals surface area (Å²) in [4.78, 5) is 12.4.